The Morgan fingerprint density at radius 2 is 1.65 bits per heavy atom. The summed E-state index contributed by atoms with van der Waals surface area (Å²) in [5, 5.41) is 0. The van der Waals surface area contributed by atoms with Crippen molar-refractivity contribution in [1.29, 1.82) is 0 Å². The molecular formula is C14H25FO2. The Kier molecular flexibility index (Phi) is 11.0. The van der Waals surface area contributed by atoms with Gasteiger partial charge in [-0.05, 0) is 25.8 Å². The van der Waals surface area contributed by atoms with Crippen LogP contribution in [0.2, 0.25) is 0 Å². The molecule has 0 fully saturated rings. The summed E-state index contributed by atoms with van der Waals surface area (Å²) < 4.78 is 17.6. The van der Waals surface area contributed by atoms with Crippen molar-refractivity contribution in [3.63, 3.8) is 0 Å². The second-order valence-electron chi connectivity index (χ2n) is 4.18. The maximum Gasteiger partial charge on any atom is 0.366 e. The average Bonchev–Trinajstić information content (AvgIpc) is 2.32. The van der Waals surface area contributed by atoms with Crippen LogP contribution >= 0.6 is 0 Å². The Hall–Kier alpha value is -0.860. The molecule has 0 spiro atoms. The molecule has 0 saturated heterocycles. The summed E-state index contributed by atoms with van der Waals surface area (Å²) >= 11 is 0. The first kappa shape index (κ1) is 16.1. The minimum absolute atomic E-state index is 0.220. The van der Waals surface area contributed by atoms with E-state index in [0.717, 1.165) is 12.8 Å². The number of allylic oxidation sites excluding steroid dienone is 1. The third-order valence-electron chi connectivity index (χ3n) is 2.60. The van der Waals surface area contributed by atoms with Gasteiger partial charge in [-0.1, -0.05) is 45.4 Å². The molecule has 0 radical (unpaired) electrons. The fourth-order valence-corrected chi connectivity index (χ4v) is 1.61. The van der Waals surface area contributed by atoms with Crippen LogP contribution in [0.3, 0.4) is 0 Å². The molecule has 0 aliphatic heterocycles. The molecule has 0 atom stereocenters. The van der Waals surface area contributed by atoms with Crippen LogP contribution in [0, 0.1) is 0 Å². The van der Waals surface area contributed by atoms with E-state index in [1.165, 1.54) is 38.2 Å². The van der Waals surface area contributed by atoms with E-state index < -0.39 is 11.8 Å². The summed E-state index contributed by atoms with van der Waals surface area (Å²) in [6.45, 7) is 4.09. The number of rotatable bonds is 10. The second kappa shape index (κ2) is 11.6. The van der Waals surface area contributed by atoms with Gasteiger partial charge in [-0.2, -0.15) is 4.39 Å². The number of unbranched alkanes of at least 4 members (excludes halogenated alkanes) is 7. The van der Waals surface area contributed by atoms with E-state index in [9.17, 15) is 9.18 Å². The minimum Gasteiger partial charge on any atom is -0.461 e. The van der Waals surface area contributed by atoms with Crippen LogP contribution in [0.5, 0.6) is 0 Å². The molecule has 0 amide bonds. The van der Waals surface area contributed by atoms with E-state index in [1.807, 2.05) is 0 Å². The molecular weight excluding hydrogens is 219 g/mol. The van der Waals surface area contributed by atoms with Crippen LogP contribution in [0.1, 0.15) is 65.2 Å². The van der Waals surface area contributed by atoms with E-state index in [2.05, 4.69) is 11.7 Å². The highest BCUT2D eigenvalue weighted by atomic mass is 19.1. The molecule has 17 heavy (non-hydrogen) atoms. The van der Waals surface area contributed by atoms with Crippen molar-refractivity contribution in [3.05, 3.63) is 11.9 Å². The molecule has 100 valence electrons. The highest BCUT2D eigenvalue weighted by Gasteiger charge is 2.07. The van der Waals surface area contributed by atoms with E-state index in [1.54, 1.807) is 6.92 Å². The van der Waals surface area contributed by atoms with Gasteiger partial charge in [0.15, 0.2) is 0 Å². The summed E-state index contributed by atoms with van der Waals surface area (Å²) in [4.78, 5) is 10.9. The predicted molar refractivity (Wildman–Crippen MR) is 68.4 cm³/mol. The number of ether oxygens (including phenoxy) is 1. The standard InChI is InChI=1S/C14H25FO2/c1-3-5-6-7-8-9-10-11-12-13(15)14(16)17-4-2/h12H,3-11H2,1-2H3/b13-12-. The number of hydrogen-bond donors (Lipinski definition) is 0. The zero-order valence-corrected chi connectivity index (χ0v) is 11.1. The predicted octanol–water partition coefficient (Wildman–Crippen LogP) is 4.54. The largest absolute Gasteiger partial charge is 0.461 e. The topological polar surface area (TPSA) is 26.3 Å². The van der Waals surface area contributed by atoms with Crippen LogP contribution in [-0.4, -0.2) is 12.6 Å². The van der Waals surface area contributed by atoms with Crippen molar-refractivity contribution in [2.75, 3.05) is 6.61 Å². The van der Waals surface area contributed by atoms with Crippen molar-refractivity contribution in [3.8, 4) is 0 Å². The molecule has 0 aromatic rings. The first-order valence-electron chi connectivity index (χ1n) is 6.75. The van der Waals surface area contributed by atoms with Crippen molar-refractivity contribution < 1.29 is 13.9 Å². The Morgan fingerprint density at radius 1 is 1.06 bits per heavy atom. The minimum atomic E-state index is -0.838. The fraction of sp³-hybridized carbons (Fsp3) is 0.786. The molecule has 0 aliphatic rings. The van der Waals surface area contributed by atoms with Crippen molar-refractivity contribution in [2.24, 2.45) is 0 Å². The summed E-state index contributed by atoms with van der Waals surface area (Å²) in [6.07, 6.45) is 10.3. The smallest absolute Gasteiger partial charge is 0.366 e. The third-order valence-corrected chi connectivity index (χ3v) is 2.60. The molecule has 0 rings (SSSR count). The summed E-state index contributed by atoms with van der Waals surface area (Å²) in [6, 6.07) is 0. The SMILES string of the molecule is CCCCCCCCC/C=C(\F)C(=O)OCC. The van der Waals surface area contributed by atoms with Crippen molar-refractivity contribution in [2.45, 2.75) is 65.2 Å². The normalized spacial score (nSPS) is 11.6. The molecule has 0 unspecified atom stereocenters. The van der Waals surface area contributed by atoms with E-state index in [-0.39, 0.29) is 6.61 Å². The lowest BCUT2D eigenvalue weighted by molar-refractivity contribution is -0.140. The van der Waals surface area contributed by atoms with Gasteiger partial charge < -0.3 is 4.74 Å². The molecule has 0 bridgehead atoms. The van der Waals surface area contributed by atoms with E-state index >= 15 is 0 Å². The molecule has 2 nitrogen and oxygen atoms in total. The highest BCUT2D eigenvalue weighted by Crippen LogP contribution is 2.10. The number of hydrogen-bond acceptors (Lipinski definition) is 2. The number of carbonyl (C=O) groups is 1. The molecule has 0 saturated carbocycles. The summed E-state index contributed by atoms with van der Waals surface area (Å²) in [7, 11) is 0. The van der Waals surface area contributed by atoms with Crippen molar-refractivity contribution >= 4 is 5.97 Å². The van der Waals surface area contributed by atoms with Gasteiger partial charge in [0.1, 0.15) is 0 Å². The summed E-state index contributed by atoms with van der Waals surface area (Å²) in [5.74, 6) is -1.59. The van der Waals surface area contributed by atoms with E-state index in [0.29, 0.717) is 6.42 Å². The number of carbonyl (C=O) groups excluding carboxylic acids is 1. The Morgan fingerprint density at radius 3 is 2.24 bits per heavy atom. The molecule has 0 heterocycles. The zero-order valence-electron chi connectivity index (χ0n) is 11.1. The molecule has 0 aliphatic carbocycles. The Labute approximate surface area is 104 Å². The van der Waals surface area contributed by atoms with Gasteiger partial charge in [-0.3, -0.25) is 0 Å². The first-order valence-corrected chi connectivity index (χ1v) is 6.75. The van der Waals surface area contributed by atoms with Gasteiger partial charge in [-0.15, -0.1) is 0 Å². The van der Waals surface area contributed by atoms with E-state index in [4.69, 9.17) is 0 Å². The number of halogens is 1. The quantitative estimate of drug-likeness (QED) is 0.320. The average molecular weight is 244 g/mol. The van der Waals surface area contributed by atoms with Gasteiger partial charge in [-0.25, -0.2) is 4.79 Å². The van der Waals surface area contributed by atoms with Gasteiger partial charge >= 0.3 is 5.97 Å². The lowest BCUT2D eigenvalue weighted by Crippen LogP contribution is -2.03. The van der Waals surface area contributed by atoms with Crippen LogP contribution < -0.4 is 0 Å². The van der Waals surface area contributed by atoms with Gasteiger partial charge in [0, 0.05) is 0 Å². The van der Waals surface area contributed by atoms with Gasteiger partial charge in [0.2, 0.25) is 5.83 Å². The van der Waals surface area contributed by atoms with Crippen LogP contribution in [0.15, 0.2) is 11.9 Å². The van der Waals surface area contributed by atoms with Crippen LogP contribution in [0.4, 0.5) is 4.39 Å². The lowest BCUT2D eigenvalue weighted by Gasteiger charge is -2.00. The van der Waals surface area contributed by atoms with Crippen LogP contribution in [0.25, 0.3) is 0 Å². The zero-order chi connectivity index (χ0) is 12.9. The van der Waals surface area contributed by atoms with Gasteiger partial charge in [0.25, 0.3) is 0 Å². The maximum atomic E-state index is 13.0. The monoisotopic (exact) mass is 244 g/mol. The molecule has 0 N–H and O–H groups in total. The second-order valence-corrected chi connectivity index (χ2v) is 4.18. The number of esters is 1. The Bertz CT molecular complexity index is 224. The third kappa shape index (κ3) is 10.0. The first-order chi connectivity index (χ1) is 8.22. The van der Waals surface area contributed by atoms with Gasteiger partial charge in [0.05, 0.1) is 6.61 Å². The fourth-order valence-electron chi connectivity index (χ4n) is 1.61. The maximum absolute atomic E-state index is 13.0. The van der Waals surface area contributed by atoms with Crippen molar-refractivity contribution in [1.82, 2.24) is 0 Å². The van der Waals surface area contributed by atoms with Crippen LogP contribution in [-0.2, 0) is 9.53 Å². The Balaban J connectivity index is 3.42. The lowest BCUT2D eigenvalue weighted by atomic mass is 10.1. The molecule has 0 aromatic heterocycles. The molecule has 0 aromatic carbocycles. The molecule has 3 heteroatoms. The highest BCUT2D eigenvalue weighted by molar-refractivity contribution is 5.85. The summed E-state index contributed by atoms with van der Waals surface area (Å²) in [5.41, 5.74) is 0.